The zero-order valence-corrected chi connectivity index (χ0v) is 11.6. The van der Waals surface area contributed by atoms with Gasteiger partial charge in [0.05, 0.1) is 0 Å². The van der Waals surface area contributed by atoms with Gasteiger partial charge in [0.25, 0.3) is 15.0 Å². The molecule has 0 radical (unpaired) electrons. The average Bonchev–Trinajstić information content (AvgIpc) is 2.38. The molecule has 20 heavy (non-hydrogen) atoms. The van der Waals surface area contributed by atoms with Gasteiger partial charge in [-0.1, -0.05) is 18.2 Å². The van der Waals surface area contributed by atoms with Crippen LogP contribution in [0.4, 0.5) is 10.1 Å². The summed E-state index contributed by atoms with van der Waals surface area (Å²) in [6.07, 6.45) is 0. The lowest BCUT2D eigenvalue weighted by Gasteiger charge is -2.06. The van der Waals surface area contributed by atoms with Crippen molar-refractivity contribution in [3.05, 3.63) is 59.9 Å². The Hall–Kier alpha value is -1.92. The molecule has 0 fully saturated rings. The predicted molar refractivity (Wildman–Crippen MR) is 73.8 cm³/mol. The van der Waals surface area contributed by atoms with E-state index in [9.17, 15) is 17.6 Å². The number of carbonyl (C=O) groups excluding carboxylic acids is 1. The average molecular weight is 314 g/mol. The third kappa shape index (κ3) is 3.34. The van der Waals surface area contributed by atoms with Crippen LogP contribution in [0.5, 0.6) is 0 Å². The first kappa shape index (κ1) is 14.5. The maximum atomic E-state index is 13.6. The van der Waals surface area contributed by atoms with Gasteiger partial charge in [-0.3, -0.25) is 4.79 Å². The van der Waals surface area contributed by atoms with Crippen LogP contribution in [0.1, 0.15) is 10.4 Å². The van der Waals surface area contributed by atoms with Gasteiger partial charge in [0.2, 0.25) is 0 Å². The zero-order chi connectivity index (χ0) is 14.8. The lowest BCUT2D eigenvalue weighted by atomic mass is 10.2. The number of hydrogen-bond acceptors (Lipinski definition) is 3. The normalized spacial score (nSPS) is 11.1. The molecule has 1 amide bonds. The quantitative estimate of drug-likeness (QED) is 0.886. The van der Waals surface area contributed by atoms with Crippen LogP contribution < -0.4 is 5.32 Å². The largest absolute Gasteiger partial charge is 0.322 e. The first-order chi connectivity index (χ1) is 9.38. The Morgan fingerprint density at radius 2 is 1.75 bits per heavy atom. The third-order valence-corrected chi connectivity index (χ3v) is 3.84. The second-order valence-corrected chi connectivity index (χ2v) is 6.44. The van der Waals surface area contributed by atoms with Gasteiger partial charge >= 0.3 is 0 Å². The minimum atomic E-state index is -4.15. The van der Waals surface area contributed by atoms with Gasteiger partial charge in [-0.2, -0.15) is 0 Å². The lowest BCUT2D eigenvalue weighted by Crippen LogP contribution is -2.12. The highest BCUT2D eigenvalue weighted by Gasteiger charge is 2.16. The summed E-state index contributed by atoms with van der Waals surface area (Å²) in [7, 11) is 0.916. The van der Waals surface area contributed by atoms with E-state index in [0.717, 1.165) is 12.1 Å². The van der Waals surface area contributed by atoms with Crippen LogP contribution in [0.3, 0.4) is 0 Å². The second-order valence-electron chi connectivity index (χ2n) is 3.90. The molecule has 2 rings (SSSR count). The first-order valence-electron chi connectivity index (χ1n) is 5.48. The van der Waals surface area contributed by atoms with E-state index in [1.807, 2.05) is 0 Å². The van der Waals surface area contributed by atoms with Crippen molar-refractivity contribution in [3.63, 3.8) is 0 Å². The Balaban J connectivity index is 2.24. The van der Waals surface area contributed by atoms with Gasteiger partial charge in [0, 0.05) is 21.9 Å². The van der Waals surface area contributed by atoms with Gasteiger partial charge in [0.1, 0.15) is 10.7 Å². The molecule has 0 saturated heterocycles. The van der Waals surface area contributed by atoms with Gasteiger partial charge in [-0.15, -0.1) is 0 Å². The van der Waals surface area contributed by atoms with Gasteiger partial charge in [-0.25, -0.2) is 12.8 Å². The summed E-state index contributed by atoms with van der Waals surface area (Å²) >= 11 is 0. The number of halogens is 2. The van der Waals surface area contributed by atoms with Crippen molar-refractivity contribution in [2.24, 2.45) is 0 Å². The molecule has 4 nitrogen and oxygen atoms in total. The molecule has 0 heterocycles. The van der Waals surface area contributed by atoms with Crippen molar-refractivity contribution in [3.8, 4) is 0 Å². The Kier molecular flexibility index (Phi) is 4.06. The topological polar surface area (TPSA) is 63.2 Å². The van der Waals surface area contributed by atoms with E-state index in [-0.39, 0.29) is 5.69 Å². The van der Waals surface area contributed by atoms with E-state index in [1.165, 1.54) is 6.07 Å². The monoisotopic (exact) mass is 313 g/mol. The molecule has 0 saturated carbocycles. The maximum absolute atomic E-state index is 13.6. The van der Waals surface area contributed by atoms with Crippen molar-refractivity contribution in [2.75, 3.05) is 5.32 Å². The van der Waals surface area contributed by atoms with Crippen LogP contribution in [0.2, 0.25) is 0 Å². The number of benzene rings is 2. The Bertz CT molecular complexity index is 747. The molecule has 0 spiro atoms. The third-order valence-electron chi connectivity index (χ3n) is 2.49. The van der Waals surface area contributed by atoms with E-state index < -0.39 is 25.7 Å². The number of anilines is 1. The molecule has 7 heteroatoms. The summed E-state index contributed by atoms with van der Waals surface area (Å²) < 4.78 is 35.7. The summed E-state index contributed by atoms with van der Waals surface area (Å²) in [6, 6.07) is 11.5. The molecule has 0 aliphatic heterocycles. The summed E-state index contributed by atoms with van der Waals surface area (Å²) in [5.74, 6) is -1.45. The fourth-order valence-electron chi connectivity index (χ4n) is 1.57. The van der Waals surface area contributed by atoms with Crippen molar-refractivity contribution >= 4 is 31.3 Å². The Morgan fingerprint density at radius 3 is 2.30 bits per heavy atom. The van der Waals surface area contributed by atoms with Crippen molar-refractivity contribution in [2.45, 2.75) is 4.90 Å². The highest BCUT2D eigenvalue weighted by molar-refractivity contribution is 8.13. The van der Waals surface area contributed by atoms with Gasteiger partial charge in [0.15, 0.2) is 0 Å². The molecule has 0 aliphatic rings. The first-order valence-corrected chi connectivity index (χ1v) is 7.79. The van der Waals surface area contributed by atoms with Crippen LogP contribution >= 0.6 is 10.7 Å². The fraction of sp³-hybridized carbons (Fsp3) is 0. The highest BCUT2D eigenvalue weighted by atomic mass is 35.7. The molecule has 0 unspecified atom stereocenters. The van der Waals surface area contributed by atoms with Crippen LogP contribution in [-0.4, -0.2) is 14.3 Å². The molecule has 0 bridgehead atoms. The summed E-state index contributed by atoms with van der Waals surface area (Å²) in [5.41, 5.74) is 0.544. The summed E-state index contributed by atoms with van der Waals surface area (Å²) in [4.78, 5) is 11.2. The summed E-state index contributed by atoms with van der Waals surface area (Å²) in [6.45, 7) is 0. The smallest absolute Gasteiger partial charge is 0.264 e. The predicted octanol–water partition coefficient (Wildman–Crippen LogP) is 3.01. The molecule has 2 aromatic carbocycles. The van der Waals surface area contributed by atoms with Crippen molar-refractivity contribution in [1.82, 2.24) is 0 Å². The number of carbonyl (C=O) groups is 1. The molecular weight excluding hydrogens is 305 g/mol. The lowest BCUT2D eigenvalue weighted by molar-refractivity contribution is 0.102. The molecular formula is C13H9ClFNO3S. The fourth-order valence-corrected chi connectivity index (χ4v) is 2.47. The van der Waals surface area contributed by atoms with E-state index in [4.69, 9.17) is 10.7 Å². The Labute approximate surface area is 119 Å². The zero-order valence-electron chi connectivity index (χ0n) is 10.0. The highest BCUT2D eigenvalue weighted by Crippen LogP contribution is 2.22. The van der Waals surface area contributed by atoms with Crippen molar-refractivity contribution in [1.29, 1.82) is 0 Å². The van der Waals surface area contributed by atoms with E-state index >= 15 is 0 Å². The standard InChI is InChI=1S/C13H9ClFNO3S/c14-20(18,19)12-7-6-10(8-11(12)15)16-13(17)9-4-2-1-3-5-9/h1-8H,(H,16,17). The number of hydrogen-bond donors (Lipinski definition) is 1. The number of nitrogens with one attached hydrogen (secondary N) is 1. The second kappa shape index (κ2) is 5.60. The molecule has 1 N–H and O–H groups in total. The van der Waals surface area contributed by atoms with Crippen LogP contribution in [0.15, 0.2) is 53.4 Å². The SMILES string of the molecule is O=C(Nc1ccc(S(=O)(=O)Cl)c(F)c1)c1ccccc1. The van der Waals surface area contributed by atoms with Gasteiger partial charge in [-0.05, 0) is 30.3 Å². The van der Waals surface area contributed by atoms with Crippen LogP contribution in [-0.2, 0) is 9.05 Å². The molecule has 2 aromatic rings. The van der Waals surface area contributed by atoms with E-state index in [2.05, 4.69) is 5.32 Å². The number of rotatable bonds is 3. The molecule has 0 aromatic heterocycles. The van der Waals surface area contributed by atoms with Crippen LogP contribution in [0.25, 0.3) is 0 Å². The molecule has 0 atom stereocenters. The minimum absolute atomic E-state index is 0.139. The van der Waals surface area contributed by atoms with Gasteiger partial charge < -0.3 is 5.32 Å². The maximum Gasteiger partial charge on any atom is 0.264 e. The minimum Gasteiger partial charge on any atom is -0.322 e. The van der Waals surface area contributed by atoms with Crippen LogP contribution in [0, 0.1) is 5.82 Å². The van der Waals surface area contributed by atoms with E-state index in [1.54, 1.807) is 30.3 Å². The van der Waals surface area contributed by atoms with E-state index in [0.29, 0.717) is 5.56 Å². The number of amides is 1. The summed E-state index contributed by atoms with van der Waals surface area (Å²) in [5, 5.41) is 2.46. The molecule has 104 valence electrons. The molecule has 0 aliphatic carbocycles. The Morgan fingerprint density at radius 1 is 1.10 bits per heavy atom. The van der Waals surface area contributed by atoms with Crippen molar-refractivity contribution < 1.29 is 17.6 Å².